The highest BCUT2D eigenvalue weighted by Gasteiger charge is 2.13. The topological polar surface area (TPSA) is 51.1 Å². The summed E-state index contributed by atoms with van der Waals surface area (Å²) in [5.41, 5.74) is 3.04. The minimum absolute atomic E-state index is 0.0248. The Labute approximate surface area is 161 Å². The van der Waals surface area contributed by atoms with Gasteiger partial charge >= 0.3 is 0 Å². The van der Waals surface area contributed by atoms with Crippen LogP contribution in [0.15, 0.2) is 71.5 Å². The summed E-state index contributed by atoms with van der Waals surface area (Å²) >= 11 is 6.14. The quantitative estimate of drug-likeness (QED) is 0.524. The molecule has 0 atom stereocenters. The molecule has 5 heteroatoms. The average molecular weight is 377 g/mol. The summed E-state index contributed by atoms with van der Waals surface area (Å²) in [7, 11) is 0. The van der Waals surface area contributed by atoms with Crippen LogP contribution in [-0.2, 0) is 11.3 Å². The molecule has 27 heavy (non-hydrogen) atoms. The van der Waals surface area contributed by atoms with Crippen molar-refractivity contribution in [2.45, 2.75) is 13.5 Å². The van der Waals surface area contributed by atoms with E-state index in [2.05, 4.69) is 5.32 Å². The number of nitrogens with zero attached hydrogens (tertiary/aromatic N) is 1. The number of hydrogen-bond donors (Lipinski definition) is 1. The molecule has 4 aromatic rings. The molecule has 0 unspecified atom stereocenters. The van der Waals surface area contributed by atoms with E-state index in [4.69, 9.17) is 11.6 Å². The molecule has 0 bridgehead atoms. The molecule has 0 aliphatic rings. The van der Waals surface area contributed by atoms with Crippen molar-refractivity contribution >= 4 is 45.0 Å². The summed E-state index contributed by atoms with van der Waals surface area (Å²) < 4.78 is 1.87. The second-order valence-corrected chi connectivity index (χ2v) is 6.87. The molecule has 0 saturated carbocycles. The van der Waals surface area contributed by atoms with E-state index in [1.165, 1.54) is 0 Å². The maximum atomic E-state index is 12.8. The van der Waals surface area contributed by atoms with Crippen LogP contribution in [0.1, 0.15) is 5.56 Å². The van der Waals surface area contributed by atoms with Crippen LogP contribution in [0.5, 0.6) is 0 Å². The highest BCUT2D eigenvalue weighted by molar-refractivity contribution is 6.31. The highest BCUT2D eigenvalue weighted by Crippen LogP contribution is 2.21. The summed E-state index contributed by atoms with van der Waals surface area (Å²) in [4.78, 5) is 25.5. The summed E-state index contributed by atoms with van der Waals surface area (Å²) in [5.74, 6) is -0.186. The van der Waals surface area contributed by atoms with E-state index in [0.717, 1.165) is 16.6 Å². The molecular formula is C22H17ClN2O2. The van der Waals surface area contributed by atoms with Crippen LogP contribution in [0.2, 0.25) is 5.02 Å². The van der Waals surface area contributed by atoms with Crippen molar-refractivity contribution < 1.29 is 4.79 Å². The number of rotatable bonds is 3. The van der Waals surface area contributed by atoms with Crippen LogP contribution >= 0.6 is 11.6 Å². The Balaban J connectivity index is 1.78. The van der Waals surface area contributed by atoms with Gasteiger partial charge < -0.3 is 9.88 Å². The number of benzene rings is 3. The Hall–Kier alpha value is -3.11. The van der Waals surface area contributed by atoms with Crippen molar-refractivity contribution in [1.29, 1.82) is 0 Å². The number of pyridine rings is 1. The lowest BCUT2D eigenvalue weighted by Gasteiger charge is -2.15. The Morgan fingerprint density at radius 2 is 1.56 bits per heavy atom. The number of carbonyl (C=O) groups is 1. The standard InChI is InChI=1S/C22H17ClN2O2/c1-14-10-11-15(12-18(14)23)24-21(26)13-25-19-8-4-2-6-16(19)22(27)17-7-3-5-9-20(17)25/h2-12H,13H2,1H3,(H,24,26). The van der Waals surface area contributed by atoms with Gasteiger partial charge in [0.1, 0.15) is 6.54 Å². The minimum atomic E-state index is -0.186. The molecule has 0 saturated heterocycles. The molecule has 1 heterocycles. The van der Waals surface area contributed by atoms with Crippen molar-refractivity contribution in [2.75, 3.05) is 5.32 Å². The fourth-order valence-corrected chi connectivity index (χ4v) is 3.44. The van der Waals surface area contributed by atoms with Gasteiger partial charge in [-0.2, -0.15) is 0 Å². The number of fused-ring (bicyclic) bond motifs is 2. The monoisotopic (exact) mass is 376 g/mol. The van der Waals surface area contributed by atoms with E-state index < -0.39 is 0 Å². The number of aromatic nitrogens is 1. The van der Waals surface area contributed by atoms with Gasteiger partial charge in [-0.1, -0.05) is 41.9 Å². The summed E-state index contributed by atoms with van der Waals surface area (Å²) in [6, 6.07) is 20.1. The van der Waals surface area contributed by atoms with E-state index in [1.807, 2.05) is 60.0 Å². The van der Waals surface area contributed by atoms with E-state index in [9.17, 15) is 9.59 Å². The van der Waals surface area contributed by atoms with Crippen LogP contribution in [0, 0.1) is 6.92 Å². The molecule has 0 fully saturated rings. The van der Waals surface area contributed by atoms with Crippen LogP contribution in [-0.4, -0.2) is 10.5 Å². The number of hydrogen-bond acceptors (Lipinski definition) is 2. The summed E-state index contributed by atoms with van der Waals surface area (Å²) in [6.45, 7) is 2.00. The van der Waals surface area contributed by atoms with Crippen molar-refractivity contribution in [3.05, 3.63) is 87.5 Å². The number of carbonyl (C=O) groups excluding carboxylic acids is 1. The third-order valence-electron chi connectivity index (χ3n) is 4.64. The molecule has 1 N–H and O–H groups in total. The smallest absolute Gasteiger partial charge is 0.244 e. The lowest BCUT2D eigenvalue weighted by atomic mass is 10.1. The SMILES string of the molecule is Cc1ccc(NC(=O)Cn2c3ccccc3c(=O)c3ccccc32)cc1Cl. The first-order valence-electron chi connectivity index (χ1n) is 8.61. The van der Waals surface area contributed by atoms with E-state index in [0.29, 0.717) is 21.5 Å². The molecule has 4 nitrogen and oxygen atoms in total. The minimum Gasteiger partial charge on any atom is -0.331 e. The molecule has 0 spiro atoms. The Morgan fingerprint density at radius 1 is 0.963 bits per heavy atom. The zero-order valence-corrected chi connectivity index (χ0v) is 15.5. The molecule has 4 rings (SSSR count). The second-order valence-electron chi connectivity index (χ2n) is 6.46. The summed E-state index contributed by atoms with van der Waals surface area (Å²) in [6.07, 6.45) is 0. The van der Waals surface area contributed by atoms with Gasteiger partial charge in [0, 0.05) is 21.5 Å². The first-order valence-corrected chi connectivity index (χ1v) is 8.98. The lowest BCUT2D eigenvalue weighted by Crippen LogP contribution is -2.21. The normalized spacial score (nSPS) is 11.0. The second kappa shape index (κ2) is 6.89. The van der Waals surface area contributed by atoms with Gasteiger partial charge in [-0.05, 0) is 48.9 Å². The number of para-hydroxylation sites is 2. The Bertz CT molecular complexity index is 1180. The molecule has 0 aliphatic carbocycles. The van der Waals surface area contributed by atoms with Gasteiger partial charge in [-0.15, -0.1) is 0 Å². The van der Waals surface area contributed by atoms with Crippen molar-refractivity contribution in [1.82, 2.24) is 4.57 Å². The maximum Gasteiger partial charge on any atom is 0.244 e. The van der Waals surface area contributed by atoms with E-state index >= 15 is 0 Å². The first-order chi connectivity index (χ1) is 13.0. The maximum absolute atomic E-state index is 12.8. The predicted octanol–water partition coefficient (Wildman–Crippen LogP) is 4.76. The highest BCUT2D eigenvalue weighted by atomic mass is 35.5. The number of aryl methyl sites for hydroxylation is 1. The molecule has 0 aliphatic heterocycles. The predicted molar refractivity (Wildman–Crippen MR) is 111 cm³/mol. The number of nitrogens with one attached hydrogen (secondary N) is 1. The van der Waals surface area contributed by atoms with Gasteiger partial charge in [-0.3, -0.25) is 9.59 Å². The fraction of sp³-hybridized carbons (Fsp3) is 0.0909. The Morgan fingerprint density at radius 3 is 2.15 bits per heavy atom. The molecule has 1 amide bonds. The van der Waals surface area contributed by atoms with Crippen LogP contribution in [0.3, 0.4) is 0 Å². The molecule has 1 aromatic heterocycles. The first kappa shape index (κ1) is 17.3. The van der Waals surface area contributed by atoms with Gasteiger partial charge in [0.2, 0.25) is 5.91 Å². The third-order valence-corrected chi connectivity index (χ3v) is 5.04. The largest absolute Gasteiger partial charge is 0.331 e. The van der Waals surface area contributed by atoms with Crippen molar-refractivity contribution in [2.24, 2.45) is 0 Å². The molecule has 3 aromatic carbocycles. The van der Waals surface area contributed by atoms with Gasteiger partial charge in [0.25, 0.3) is 0 Å². The number of amides is 1. The molecule has 0 radical (unpaired) electrons. The molecular weight excluding hydrogens is 360 g/mol. The van der Waals surface area contributed by atoms with Crippen molar-refractivity contribution in [3.63, 3.8) is 0 Å². The number of anilines is 1. The van der Waals surface area contributed by atoms with Crippen LogP contribution in [0.25, 0.3) is 21.8 Å². The van der Waals surface area contributed by atoms with Crippen molar-refractivity contribution in [3.8, 4) is 0 Å². The molecule has 134 valence electrons. The zero-order valence-electron chi connectivity index (χ0n) is 14.7. The van der Waals surface area contributed by atoms with Crippen LogP contribution in [0.4, 0.5) is 5.69 Å². The van der Waals surface area contributed by atoms with Gasteiger partial charge in [0.15, 0.2) is 5.43 Å². The summed E-state index contributed by atoms with van der Waals surface area (Å²) in [5, 5.41) is 4.68. The average Bonchev–Trinajstić information content (AvgIpc) is 2.68. The van der Waals surface area contributed by atoms with Gasteiger partial charge in [-0.25, -0.2) is 0 Å². The van der Waals surface area contributed by atoms with Gasteiger partial charge in [0.05, 0.1) is 11.0 Å². The Kier molecular flexibility index (Phi) is 4.42. The fourth-order valence-electron chi connectivity index (χ4n) is 3.26. The lowest BCUT2D eigenvalue weighted by molar-refractivity contribution is -0.116. The number of halogens is 1. The third kappa shape index (κ3) is 3.20. The van der Waals surface area contributed by atoms with E-state index in [-0.39, 0.29) is 17.9 Å². The van der Waals surface area contributed by atoms with E-state index in [1.54, 1.807) is 18.2 Å². The zero-order chi connectivity index (χ0) is 19.0. The van der Waals surface area contributed by atoms with Crippen LogP contribution < -0.4 is 10.7 Å².